The van der Waals surface area contributed by atoms with Crippen LogP contribution in [0.1, 0.15) is 25.8 Å². The summed E-state index contributed by atoms with van der Waals surface area (Å²) in [5.74, 6) is -0.276. The first kappa shape index (κ1) is 13.1. The lowest BCUT2D eigenvalue weighted by Crippen LogP contribution is -2.41. The van der Waals surface area contributed by atoms with Crippen molar-refractivity contribution in [3.63, 3.8) is 0 Å². The van der Waals surface area contributed by atoms with Gasteiger partial charge in [0.05, 0.1) is 5.60 Å². The van der Waals surface area contributed by atoms with Gasteiger partial charge >= 0.3 is 0 Å². The normalized spacial score (nSPS) is 16.8. The number of aliphatic hydroxyl groups is 1. The highest BCUT2D eigenvalue weighted by Crippen LogP contribution is 2.25. The molecular weight excluding hydrogens is 205 g/mol. The number of hydrogen-bond acceptors (Lipinski definition) is 2. The van der Waals surface area contributed by atoms with Gasteiger partial charge in [-0.25, -0.2) is 4.39 Å². The van der Waals surface area contributed by atoms with E-state index >= 15 is 0 Å². The maximum atomic E-state index is 13.4. The third-order valence-electron chi connectivity index (χ3n) is 3.16. The fraction of sp³-hybridized carbons (Fsp3) is 0.538. The highest BCUT2D eigenvalue weighted by Gasteiger charge is 2.30. The van der Waals surface area contributed by atoms with Gasteiger partial charge in [-0.05, 0) is 37.4 Å². The van der Waals surface area contributed by atoms with E-state index in [1.165, 1.54) is 6.07 Å². The van der Waals surface area contributed by atoms with Crippen molar-refractivity contribution in [2.45, 2.75) is 32.3 Å². The van der Waals surface area contributed by atoms with Crippen molar-refractivity contribution in [3.8, 4) is 0 Å². The second kappa shape index (κ2) is 5.41. The smallest absolute Gasteiger partial charge is 0.126 e. The third kappa shape index (κ3) is 3.03. The Labute approximate surface area is 96.3 Å². The van der Waals surface area contributed by atoms with E-state index in [0.717, 1.165) is 6.42 Å². The summed E-state index contributed by atoms with van der Waals surface area (Å²) in [4.78, 5) is 0. The Morgan fingerprint density at radius 1 is 1.44 bits per heavy atom. The molecule has 16 heavy (non-hydrogen) atoms. The molecule has 0 aromatic heterocycles. The van der Waals surface area contributed by atoms with Crippen LogP contribution in [0.25, 0.3) is 0 Å². The van der Waals surface area contributed by atoms with E-state index in [2.05, 4.69) is 0 Å². The van der Waals surface area contributed by atoms with Gasteiger partial charge in [0.15, 0.2) is 0 Å². The van der Waals surface area contributed by atoms with Crippen LogP contribution in [0.2, 0.25) is 0 Å². The van der Waals surface area contributed by atoms with Crippen LogP contribution in [0, 0.1) is 11.7 Å². The Morgan fingerprint density at radius 2 is 2.06 bits per heavy atom. The predicted molar refractivity (Wildman–Crippen MR) is 63.6 cm³/mol. The average molecular weight is 225 g/mol. The largest absolute Gasteiger partial charge is 0.389 e. The summed E-state index contributed by atoms with van der Waals surface area (Å²) in [6.07, 6.45) is 1.09. The number of benzene rings is 1. The quantitative estimate of drug-likeness (QED) is 0.806. The number of nitrogens with two attached hydrogens (primary N) is 1. The summed E-state index contributed by atoms with van der Waals surface area (Å²) >= 11 is 0. The standard InChI is InChI=1S/C13H20FNO/c1-3-11(9-15)13(2,16)8-10-6-4-5-7-12(10)14/h4-7,11,16H,3,8-9,15H2,1-2H3. The Balaban J connectivity index is 2.83. The zero-order valence-electron chi connectivity index (χ0n) is 9.91. The molecule has 0 aliphatic carbocycles. The first-order valence-electron chi connectivity index (χ1n) is 5.67. The molecule has 0 fully saturated rings. The van der Waals surface area contributed by atoms with Gasteiger partial charge in [0, 0.05) is 6.42 Å². The van der Waals surface area contributed by atoms with Crippen molar-refractivity contribution in [3.05, 3.63) is 35.6 Å². The maximum Gasteiger partial charge on any atom is 0.126 e. The monoisotopic (exact) mass is 225 g/mol. The molecule has 1 rings (SSSR count). The van der Waals surface area contributed by atoms with Crippen molar-refractivity contribution < 1.29 is 9.50 Å². The van der Waals surface area contributed by atoms with Gasteiger partial charge in [-0.15, -0.1) is 0 Å². The van der Waals surface area contributed by atoms with E-state index in [1.54, 1.807) is 25.1 Å². The minimum Gasteiger partial charge on any atom is -0.389 e. The molecule has 0 heterocycles. The lowest BCUT2D eigenvalue weighted by atomic mass is 9.82. The van der Waals surface area contributed by atoms with E-state index in [9.17, 15) is 9.50 Å². The summed E-state index contributed by atoms with van der Waals surface area (Å²) in [6, 6.07) is 6.54. The fourth-order valence-electron chi connectivity index (χ4n) is 2.03. The number of halogens is 1. The first-order valence-corrected chi connectivity index (χ1v) is 5.67. The van der Waals surface area contributed by atoms with Crippen molar-refractivity contribution in [2.75, 3.05) is 6.54 Å². The highest BCUT2D eigenvalue weighted by molar-refractivity contribution is 5.19. The lowest BCUT2D eigenvalue weighted by molar-refractivity contribution is 0.000542. The Hall–Kier alpha value is -0.930. The molecular formula is C13H20FNO. The molecule has 0 bridgehead atoms. The molecule has 0 saturated heterocycles. The molecule has 2 unspecified atom stereocenters. The van der Waals surface area contributed by atoms with E-state index in [-0.39, 0.29) is 11.7 Å². The van der Waals surface area contributed by atoms with Crippen LogP contribution < -0.4 is 5.73 Å². The van der Waals surface area contributed by atoms with Crippen LogP contribution in [-0.2, 0) is 6.42 Å². The molecule has 1 aromatic rings. The molecule has 0 radical (unpaired) electrons. The summed E-state index contributed by atoms with van der Waals surface area (Å²) in [5, 5.41) is 10.3. The topological polar surface area (TPSA) is 46.2 Å². The fourth-order valence-corrected chi connectivity index (χ4v) is 2.03. The second-order valence-electron chi connectivity index (χ2n) is 4.47. The third-order valence-corrected chi connectivity index (χ3v) is 3.16. The zero-order valence-corrected chi connectivity index (χ0v) is 9.91. The van der Waals surface area contributed by atoms with Gasteiger partial charge in [-0.1, -0.05) is 25.1 Å². The van der Waals surface area contributed by atoms with Crippen molar-refractivity contribution >= 4 is 0 Å². The Morgan fingerprint density at radius 3 is 2.56 bits per heavy atom. The molecule has 0 saturated carbocycles. The van der Waals surface area contributed by atoms with Crippen LogP contribution in [0.5, 0.6) is 0 Å². The Kier molecular flexibility index (Phi) is 4.44. The summed E-state index contributed by atoms with van der Waals surface area (Å²) in [7, 11) is 0. The highest BCUT2D eigenvalue weighted by atomic mass is 19.1. The maximum absolute atomic E-state index is 13.4. The number of rotatable bonds is 5. The van der Waals surface area contributed by atoms with E-state index < -0.39 is 5.60 Å². The summed E-state index contributed by atoms with van der Waals surface area (Å²) in [5.41, 5.74) is 5.20. The molecule has 3 N–H and O–H groups in total. The van der Waals surface area contributed by atoms with Crippen LogP contribution in [-0.4, -0.2) is 17.3 Å². The molecule has 90 valence electrons. The molecule has 0 aliphatic rings. The van der Waals surface area contributed by atoms with Crippen molar-refractivity contribution in [1.29, 1.82) is 0 Å². The SMILES string of the molecule is CCC(CN)C(C)(O)Cc1ccccc1F. The average Bonchev–Trinajstić information content (AvgIpc) is 2.22. The van der Waals surface area contributed by atoms with Crippen LogP contribution in [0.15, 0.2) is 24.3 Å². The van der Waals surface area contributed by atoms with E-state index in [1.807, 2.05) is 6.92 Å². The van der Waals surface area contributed by atoms with Crippen molar-refractivity contribution in [1.82, 2.24) is 0 Å². The lowest BCUT2D eigenvalue weighted by Gasteiger charge is -2.31. The van der Waals surface area contributed by atoms with Gasteiger partial charge in [-0.3, -0.25) is 0 Å². The molecule has 0 spiro atoms. The van der Waals surface area contributed by atoms with Gasteiger partial charge in [0.25, 0.3) is 0 Å². The van der Waals surface area contributed by atoms with E-state index in [0.29, 0.717) is 18.5 Å². The van der Waals surface area contributed by atoms with Crippen LogP contribution in [0.4, 0.5) is 4.39 Å². The van der Waals surface area contributed by atoms with Gasteiger partial charge in [0.1, 0.15) is 5.82 Å². The zero-order chi connectivity index (χ0) is 12.2. The molecule has 2 atom stereocenters. The van der Waals surface area contributed by atoms with Gasteiger partial charge < -0.3 is 10.8 Å². The van der Waals surface area contributed by atoms with E-state index in [4.69, 9.17) is 5.73 Å². The van der Waals surface area contributed by atoms with Gasteiger partial charge in [-0.2, -0.15) is 0 Å². The summed E-state index contributed by atoms with van der Waals surface area (Å²) < 4.78 is 13.4. The molecule has 0 amide bonds. The first-order chi connectivity index (χ1) is 7.51. The Bertz CT molecular complexity index is 334. The minimum atomic E-state index is -0.953. The summed E-state index contributed by atoms with van der Waals surface area (Å²) in [6.45, 7) is 4.12. The minimum absolute atomic E-state index is 0.00731. The predicted octanol–water partition coefficient (Wildman–Crippen LogP) is 2.10. The van der Waals surface area contributed by atoms with Crippen LogP contribution in [0.3, 0.4) is 0 Å². The number of hydrogen-bond donors (Lipinski definition) is 2. The molecule has 0 aliphatic heterocycles. The van der Waals surface area contributed by atoms with Crippen LogP contribution >= 0.6 is 0 Å². The van der Waals surface area contributed by atoms with Gasteiger partial charge in [0.2, 0.25) is 0 Å². The molecule has 3 heteroatoms. The second-order valence-corrected chi connectivity index (χ2v) is 4.47. The molecule has 2 nitrogen and oxygen atoms in total. The molecule has 1 aromatic carbocycles. The van der Waals surface area contributed by atoms with Crippen molar-refractivity contribution in [2.24, 2.45) is 11.7 Å².